The van der Waals surface area contributed by atoms with E-state index in [9.17, 15) is 14.4 Å². The molecule has 1 aromatic rings. The molecule has 0 bridgehead atoms. The second-order valence-electron chi connectivity index (χ2n) is 8.44. The molecule has 2 rings (SSSR count). The molecule has 0 spiro atoms. The highest BCUT2D eigenvalue weighted by Crippen LogP contribution is 2.22. The van der Waals surface area contributed by atoms with Crippen LogP contribution in [-0.2, 0) is 19.1 Å². The van der Waals surface area contributed by atoms with Crippen molar-refractivity contribution in [2.75, 3.05) is 26.7 Å². The standard InChI is InChI=1S/C22H32N2O5/c1-16(17-9-7-6-8-10-17)23(5)19(25)15-28-20(26)18-11-13-24(14-12-18)21(27)29-22(2,3)4/h6-10,16,18H,11-15H2,1-5H3/t16-/m0/s1. The average Bonchev–Trinajstić information content (AvgIpc) is 2.70. The van der Waals surface area contributed by atoms with E-state index in [-0.39, 0.29) is 36.5 Å². The number of benzene rings is 1. The Morgan fingerprint density at radius 1 is 1.14 bits per heavy atom. The molecule has 0 N–H and O–H groups in total. The van der Waals surface area contributed by atoms with Crippen LogP contribution in [0.15, 0.2) is 30.3 Å². The minimum atomic E-state index is -0.545. The summed E-state index contributed by atoms with van der Waals surface area (Å²) in [6, 6.07) is 9.58. The summed E-state index contributed by atoms with van der Waals surface area (Å²) in [4.78, 5) is 40.0. The van der Waals surface area contributed by atoms with Crippen LogP contribution in [-0.4, -0.2) is 60.1 Å². The topological polar surface area (TPSA) is 76.2 Å². The van der Waals surface area contributed by atoms with Crippen molar-refractivity contribution in [1.82, 2.24) is 9.80 Å². The van der Waals surface area contributed by atoms with Gasteiger partial charge in [0.25, 0.3) is 5.91 Å². The van der Waals surface area contributed by atoms with Crippen LogP contribution >= 0.6 is 0 Å². The summed E-state index contributed by atoms with van der Waals surface area (Å²) < 4.78 is 10.6. The summed E-state index contributed by atoms with van der Waals surface area (Å²) in [6.07, 6.45) is 0.640. The summed E-state index contributed by atoms with van der Waals surface area (Å²) in [5, 5.41) is 0. The lowest BCUT2D eigenvalue weighted by molar-refractivity contribution is -0.157. The zero-order chi connectivity index (χ0) is 21.6. The van der Waals surface area contributed by atoms with Crippen molar-refractivity contribution in [2.24, 2.45) is 5.92 Å². The van der Waals surface area contributed by atoms with E-state index in [1.807, 2.05) is 58.0 Å². The Morgan fingerprint density at radius 3 is 2.28 bits per heavy atom. The van der Waals surface area contributed by atoms with Gasteiger partial charge in [-0.1, -0.05) is 30.3 Å². The Bertz CT molecular complexity index is 706. The molecule has 1 fully saturated rings. The van der Waals surface area contributed by atoms with Gasteiger partial charge in [-0.15, -0.1) is 0 Å². The minimum Gasteiger partial charge on any atom is -0.455 e. The number of esters is 1. The van der Waals surface area contributed by atoms with Gasteiger partial charge in [0.2, 0.25) is 0 Å². The van der Waals surface area contributed by atoms with Crippen molar-refractivity contribution in [3.63, 3.8) is 0 Å². The van der Waals surface area contributed by atoms with E-state index in [2.05, 4.69) is 0 Å². The van der Waals surface area contributed by atoms with Crippen LogP contribution < -0.4 is 0 Å². The fraction of sp³-hybridized carbons (Fsp3) is 0.591. The maximum atomic E-state index is 12.4. The molecule has 1 atom stereocenters. The Kier molecular flexibility index (Phi) is 7.65. The summed E-state index contributed by atoms with van der Waals surface area (Å²) in [7, 11) is 1.70. The molecular weight excluding hydrogens is 372 g/mol. The van der Waals surface area contributed by atoms with Crippen molar-refractivity contribution in [3.8, 4) is 0 Å². The highest BCUT2D eigenvalue weighted by atomic mass is 16.6. The van der Waals surface area contributed by atoms with Crippen molar-refractivity contribution in [3.05, 3.63) is 35.9 Å². The molecule has 1 aliphatic heterocycles. The van der Waals surface area contributed by atoms with E-state index >= 15 is 0 Å². The number of rotatable bonds is 5. The maximum absolute atomic E-state index is 12.4. The third-order valence-electron chi connectivity index (χ3n) is 5.07. The van der Waals surface area contributed by atoms with Crippen LogP contribution in [0.5, 0.6) is 0 Å². The fourth-order valence-electron chi connectivity index (χ4n) is 3.15. The summed E-state index contributed by atoms with van der Waals surface area (Å²) in [5.74, 6) is -0.942. The lowest BCUT2D eigenvalue weighted by Crippen LogP contribution is -2.43. The first-order chi connectivity index (χ1) is 13.6. The molecule has 1 heterocycles. The largest absolute Gasteiger partial charge is 0.455 e. The first-order valence-electron chi connectivity index (χ1n) is 10.0. The smallest absolute Gasteiger partial charge is 0.410 e. The SMILES string of the molecule is C[C@@H](c1ccccc1)N(C)C(=O)COC(=O)C1CCN(C(=O)OC(C)(C)C)CC1. The van der Waals surface area contributed by atoms with Gasteiger partial charge in [-0.05, 0) is 46.1 Å². The molecule has 7 heteroatoms. The first kappa shape index (κ1) is 22.7. The Balaban J connectivity index is 1.77. The van der Waals surface area contributed by atoms with Crippen LogP contribution in [0.1, 0.15) is 52.1 Å². The summed E-state index contributed by atoms with van der Waals surface area (Å²) >= 11 is 0. The number of hydrogen-bond donors (Lipinski definition) is 0. The van der Waals surface area contributed by atoms with E-state index in [4.69, 9.17) is 9.47 Å². The van der Waals surface area contributed by atoms with E-state index in [0.717, 1.165) is 5.56 Å². The van der Waals surface area contributed by atoms with Gasteiger partial charge in [-0.25, -0.2) is 4.79 Å². The fourth-order valence-corrected chi connectivity index (χ4v) is 3.15. The molecule has 0 saturated carbocycles. The second-order valence-corrected chi connectivity index (χ2v) is 8.44. The molecule has 0 unspecified atom stereocenters. The van der Waals surface area contributed by atoms with Gasteiger partial charge in [-0.2, -0.15) is 0 Å². The lowest BCUT2D eigenvalue weighted by Gasteiger charge is -2.32. The van der Waals surface area contributed by atoms with E-state index in [1.165, 1.54) is 0 Å². The van der Waals surface area contributed by atoms with Crippen LogP contribution in [0.4, 0.5) is 4.79 Å². The van der Waals surface area contributed by atoms with Gasteiger partial charge in [0, 0.05) is 20.1 Å². The molecule has 2 amide bonds. The molecule has 0 aliphatic carbocycles. The Hall–Kier alpha value is -2.57. The number of likely N-dealkylation sites (N-methyl/N-ethyl adjacent to an activating group) is 1. The predicted octanol–water partition coefficient (Wildman–Crippen LogP) is 3.40. The predicted molar refractivity (Wildman–Crippen MR) is 109 cm³/mol. The quantitative estimate of drug-likeness (QED) is 0.703. The van der Waals surface area contributed by atoms with Crippen LogP contribution in [0.2, 0.25) is 0 Å². The molecule has 29 heavy (non-hydrogen) atoms. The molecule has 1 saturated heterocycles. The lowest BCUT2D eigenvalue weighted by atomic mass is 9.97. The van der Waals surface area contributed by atoms with Crippen molar-refractivity contribution < 1.29 is 23.9 Å². The molecule has 160 valence electrons. The molecule has 1 aliphatic rings. The summed E-state index contributed by atoms with van der Waals surface area (Å²) in [5.41, 5.74) is 0.472. The van der Waals surface area contributed by atoms with Crippen molar-refractivity contribution in [2.45, 2.75) is 52.2 Å². The number of carbonyl (C=O) groups excluding carboxylic acids is 3. The van der Waals surface area contributed by atoms with Crippen molar-refractivity contribution >= 4 is 18.0 Å². The highest BCUT2D eigenvalue weighted by Gasteiger charge is 2.31. The van der Waals surface area contributed by atoms with Crippen LogP contribution in [0.3, 0.4) is 0 Å². The van der Waals surface area contributed by atoms with Crippen molar-refractivity contribution in [1.29, 1.82) is 0 Å². The zero-order valence-electron chi connectivity index (χ0n) is 18.0. The number of ether oxygens (including phenoxy) is 2. The van der Waals surface area contributed by atoms with Gasteiger partial charge in [0.1, 0.15) is 5.60 Å². The zero-order valence-corrected chi connectivity index (χ0v) is 18.0. The number of carbonyl (C=O) groups is 3. The molecular formula is C22H32N2O5. The molecule has 7 nitrogen and oxygen atoms in total. The van der Waals surface area contributed by atoms with Gasteiger partial charge >= 0.3 is 12.1 Å². The average molecular weight is 405 g/mol. The number of likely N-dealkylation sites (tertiary alicyclic amines) is 1. The Labute approximate surface area is 172 Å². The monoisotopic (exact) mass is 404 g/mol. The normalized spacial score (nSPS) is 16.1. The van der Waals surface area contributed by atoms with Gasteiger partial charge in [0.15, 0.2) is 6.61 Å². The highest BCUT2D eigenvalue weighted by molar-refractivity contribution is 5.81. The number of nitrogens with zero attached hydrogens (tertiary/aromatic N) is 2. The first-order valence-corrected chi connectivity index (χ1v) is 10.0. The number of piperidine rings is 1. The molecule has 0 aromatic heterocycles. The van der Waals surface area contributed by atoms with Gasteiger partial charge in [0.05, 0.1) is 12.0 Å². The second kappa shape index (κ2) is 9.76. The maximum Gasteiger partial charge on any atom is 0.410 e. The van der Waals surface area contributed by atoms with Crippen LogP contribution in [0, 0.1) is 5.92 Å². The van der Waals surface area contributed by atoms with E-state index in [0.29, 0.717) is 25.9 Å². The molecule has 1 aromatic carbocycles. The van der Waals surface area contributed by atoms with E-state index < -0.39 is 5.60 Å². The molecule has 0 radical (unpaired) electrons. The third-order valence-corrected chi connectivity index (χ3v) is 5.07. The number of hydrogen-bond acceptors (Lipinski definition) is 5. The minimum absolute atomic E-state index is 0.112. The summed E-state index contributed by atoms with van der Waals surface area (Å²) in [6.45, 7) is 7.99. The van der Waals surface area contributed by atoms with E-state index in [1.54, 1.807) is 16.8 Å². The Morgan fingerprint density at radius 2 is 1.72 bits per heavy atom. The van der Waals surface area contributed by atoms with Gasteiger partial charge < -0.3 is 19.3 Å². The van der Waals surface area contributed by atoms with Crippen LogP contribution in [0.25, 0.3) is 0 Å². The number of amides is 2. The third kappa shape index (κ3) is 6.76. The van der Waals surface area contributed by atoms with Gasteiger partial charge in [-0.3, -0.25) is 9.59 Å².